The minimum absolute atomic E-state index is 0.171. The Labute approximate surface area is 127 Å². The topological polar surface area (TPSA) is 20.3 Å². The van der Waals surface area contributed by atoms with Crippen LogP contribution in [0.15, 0.2) is 53.0 Å². The summed E-state index contributed by atoms with van der Waals surface area (Å²) in [5, 5.41) is 0. The quantitative estimate of drug-likeness (QED) is 0.816. The van der Waals surface area contributed by atoms with Gasteiger partial charge in [-0.2, -0.15) is 0 Å². The van der Waals surface area contributed by atoms with E-state index in [2.05, 4.69) is 28.9 Å². The summed E-state index contributed by atoms with van der Waals surface area (Å²) >= 11 is 3.49. The molecule has 0 N–H and O–H groups in total. The largest absolute Gasteiger partial charge is 0.309 e. The summed E-state index contributed by atoms with van der Waals surface area (Å²) in [6.07, 6.45) is 1.38. The molecular formula is C17H16BrNO. The van der Waals surface area contributed by atoms with Crippen molar-refractivity contribution in [2.24, 2.45) is 0 Å². The Hall–Kier alpha value is -1.61. The lowest BCUT2D eigenvalue weighted by Gasteiger charge is -2.22. The van der Waals surface area contributed by atoms with Crippen molar-refractivity contribution in [3.63, 3.8) is 0 Å². The van der Waals surface area contributed by atoms with Gasteiger partial charge < -0.3 is 4.90 Å². The number of anilines is 1. The van der Waals surface area contributed by atoms with Crippen molar-refractivity contribution in [1.82, 2.24) is 0 Å². The van der Waals surface area contributed by atoms with Crippen molar-refractivity contribution < 1.29 is 4.79 Å². The van der Waals surface area contributed by atoms with E-state index >= 15 is 0 Å². The molecule has 20 heavy (non-hydrogen) atoms. The van der Waals surface area contributed by atoms with Gasteiger partial charge in [-0.05, 0) is 42.7 Å². The molecule has 1 atom stereocenters. The van der Waals surface area contributed by atoms with Gasteiger partial charge in [0.05, 0.1) is 6.42 Å². The molecule has 1 aliphatic heterocycles. The van der Waals surface area contributed by atoms with Crippen molar-refractivity contribution in [1.29, 1.82) is 0 Å². The molecule has 0 aromatic heterocycles. The molecule has 102 valence electrons. The lowest BCUT2D eigenvalue weighted by Crippen LogP contribution is -2.36. The Balaban J connectivity index is 1.86. The summed E-state index contributed by atoms with van der Waals surface area (Å²) in [6.45, 7) is 2.11. The van der Waals surface area contributed by atoms with Crippen LogP contribution in [0.4, 0.5) is 5.69 Å². The van der Waals surface area contributed by atoms with E-state index in [9.17, 15) is 4.79 Å². The van der Waals surface area contributed by atoms with E-state index in [0.717, 1.165) is 22.1 Å². The second-order valence-corrected chi connectivity index (χ2v) is 6.17. The smallest absolute Gasteiger partial charge is 0.231 e. The molecular weight excluding hydrogens is 314 g/mol. The van der Waals surface area contributed by atoms with Gasteiger partial charge in [0.15, 0.2) is 0 Å². The zero-order valence-electron chi connectivity index (χ0n) is 11.3. The number of fused-ring (bicyclic) bond motifs is 1. The SMILES string of the molecule is CC1Cc2cc(Br)ccc2N1C(=O)Cc1ccccc1. The Morgan fingerprint density at radius 3 is 2.75 bits per heavy atom. The van der Waals surface area contributed by atoms with Crippen molar-refractivity contribution in [2.45, 2.75) is 25.8 Å². The van der Waals surface area contributed by atoms with Crippen LogP contribution in [0.3, 0.4) is 0 Å². The number of nitrogens with zero attached hydrogens (tertiary/aromatic N) is 1. The van der Waals surface area contributed by atoms with Gasteiger partial charge in [-0.1, -0.05) is 46.3 Å². The molecule has 0 spiro atoms. The maximum absolute atomic E-state index is 12.6. The van der Waals surface area contributed by atoms with Gasteiger partial charge in [-0.25, -0.2) is 0 Å². The Bertz CT molecular complexity index is 639. The standard InChI is InChI=1S/C17H16BrNO/c1-12-9-14-11-15(18)7-8-16(14)19(12)17(20)10-13-5-3-2-4-6-13/h2-8,11-12H,9-10H2,1H3. The van der Waals surface area contributed by atoms with Gasteiger partial charge in [0.25, 0.3) is 0 Å². The number of carbonyl (C=O) groups excluding carboxylic acids is 1. The summed E-state index contributed by atoms with van der Waals surface area (Å²) in [4.78, 5) is 14.5. The predicted octanol–water partition coefficient (Wildman–Crippen LogP) is 3.97. The van der Waals surface area contributed by atoms with Crippen molar-refractivity contribution >= 4 is 27.5 Å². The average Bonchev–Trinajstić information content (AvgIpc) is 2.74. The molecule has 1 amide bonds. The van der Waals surface area contributed by atoms with Crippen LogP contribution in [0.5, 0.6) is 0 Å². The third kappa shape index (κ3) is 2.50. The summed E-state index contributed by atoms with van der Waals surface area (Å²) in [5.74, 6) is 0.171. The van der Waals surface area contributed by atoms with Crippen molar-refractivity contribution in [3.05, 3.63) is 64.1 Å². The molecule has 0 radical (unpaired) electrons. The minimum atomic E-state index is 0.171. The van der Waals surface area contributed by atoms with Crippen LogP contribution >= 0.6 is 15.9 Å². The minimum Gasteiger partial charge on any atom is -0.309 e. The van der Waals surface area contributed by atoms with Crippen LogP contribution in [-0.2, 0) is 17.6 Å². The van der Waals surface area contributed by atoms with E-state index in [0.29, 0.717) is 6.42 Å². The maximum atomic E-state index is 12.6. The molecule has 3 heteroatoms. The van der Waals surface area contributed by atoms with E-state index in [1.54, 1.807) is 0 Å². The Morgan fingerprint density at radius 2 is 2.00 bits per heavy atom. The number of hydrogen-bond acceptors (Lipinski definition) is 1. The average molecular weight is 330 g/mol. The first-order chi connectivity index (χ1) is 9.65. The maximum Gasteiger partial charge on any atom is 0.231 e. The lowest BCUT2D eigenvalue weighted by molar-refractivity contribution is -0.118. The molecule has 1 aliphatic rings. The van der Waals surface area contributed by atoms with Crippen LogP contribution in [0.1, 0.15) is 18.1 Å². The van der Waals surface area contributed by atoms with Crippen molar-refractivity contribution in [2.75, 3.05) is 4.90 Å². The highest BCUT2D eigenvalue weighted by atomic mass is 79.9. The first-order valence-corrected chi connectivity index (χ1v) is 7.59. The fourth-order valence-corrected chi connectivity index (χ4v) is 3.24. The van der Waals surface area contributed by atoms with Gasteiger partial charge >= 0.3 is 0 Å². The lowest BCUT2D eigenvalue weighted by atomic mass is 10.1. The molecule has 3 rings (SSSR count). The number of hydrogen-bond donors (Lipinski definition) is 0. The van der Waals surface area contributed by atoms with Crippen molar-refractivity contribution in [3.8, 4) is 0 Å². The highest BCUT2D eigenvalue weighted by Crippen LogP contribution is 2.34. The van der Waals surface area contributed by atoms with E-state index < -0.39 is 0 Å². The van der Waals surface area contributed by atoms with Crippen LogP contribution in [0.2, 0.25) is 0 Å². The fraction of sp³-hybridized carbons (Fsp3) is 0.235. The van der Waals surface area contributed by atoms with Gasteiger partial charge in [0.2, 0.25) is 5.91 Å². The molecule has 0 saturated heterocycles. The summed E-state index contributed by atoms with van der Waals surface area (Å²) in [7, 11) is 0. The van der Waals surface area contributed by atoms with E-state index in [-0.39, 0.29) is 11.9 Å². The third-order valence-electron chi connectivity index (χ3n) is 3.72. The van der Waals surface area contributed by atoms with E-state index in [4.69, 9.17) is 0 Å². The summed E-state index contributed by atoms with van der Waals surface area (Å²) in [6, 6.07) is 16.3. The molecule has 2 nitrogen and oxygen atoms in total. The molecule has 2 aromatic rings. The highest BCUT2D eigenvalue weighted by Gasteiger charge is 2.30. The normalized spacial score (nSPS) is 17.1. The second-order valence-electron chi connectivity index (χ2n) is 5.25. The molecule has 1 heterocycles. The molecule has 0 bridgehead atoms. The highest BCUT2D eigenvalue weighted by molar-refractivity contribution is 9.10. The van der Waals surface area contributed by atoms with Gasteiger partial charge in [-0.3, -0.25) is 4.79 Å². The van der Waals surface area contributed by atoms with Crippen LogP contribution < -0.4 is 4.90 Å². The molecule has 0 fully saturated rings. The summed E-state index contributed by atoms with van der Waals surface area (Å²) < 4.78 is 1.07. The van der Waals surface area contributed by atoms with Gasteiger partial charge in [0.1, 0.15) is 0 Å². The molecule has 0 aliphatic carbocycles. The number of benzene rings is 2. The fourth-order valence-electron chi connectivity index (χ4n) is 2.84. The number of rotatable bonds is 2. The van der Waals surface area contributed by atoms with E-state index in [1.807, 2.05) is 47.4 Å². The second kappa shape index (κ2) is 5.41. The summed E-state index contributed by atoms with van der Waals surface area (Å²) in [5.41, 5.74) is 3.37. The number of carbonyl (C=O) groups is 1. The van der Waals surface area contributed by atoms with Gasteiger partial charge in [-0.15, -0.1) is 0 Å². The third-order valence-corrected chi connectivity index (χ3v) is 4.22. The van der Waals surface area contributed by atoms with Gasteiger partial charge in [0, 0.05) is 16.2 Å². The number of halogens is 1. The zero-order valence-corrected chi connectivity index (χ0v) is 12.9. The van der Waals surface area contributed by atoms with Crippen LogP contribution in [0.25, 0.3) is 0 Å². The molecule has 0 saturated carbocycles. The number of amides is 1. The monoisotopic (exact) mass is 329 g/mol. The van der Waals surface area contributed by atoms with Crippen LogP contribution in [0, 0.1) is 0 Å². The molecule has 2 aromatic carbocycles. The van der Waals surface area contributed by atoms with E-state index in [1.165, 1.54) is 5.56 Å². The Morgan fingerprint density at radius 1 is 1.25 bits per heavy atom. The predicted molar refractivity (Wildman–Crippen MR) is 84.9 cm³/mol. The van der Waals surface area contributed by atoms with Crippen LogP contribution in [-0.4, -0.2) is 11.9 Å². The Kier molecular flexibility index (Phi) is 3.62. The zero-order chi connectivity index (χ0) is 14.1. The first-order valence-electron chi connectivity index (χ1n) is 6.79. The molecule has 1 unspecified atom stereocenters. The first kappa shape index (κ1) is 13.4.